The van der Waals surface area contributed by atoms with Crippen LogP contribution in [-0.2, 0) is 6.18 Å². The van der Waals surface area contributed by atoms with Gasteiger partial charge in [0.05, 0.1) is 28.4 Å². The molecule has 0 spiro atoms. The number of aliphatic hydroxyl groups excluding tert-OH is 2. The van der Waals surface area contributed by atoms with Crippen molar-refractivity contribution in [3.63, 3.8) is 0 Å². The molecule has 1 aromatic rings. The Morgan fingerprint density at radius 3 is 2.17 bits per heavy atom. The molecule has 3 rings (SSSR count). The normalized spacial score (nSPS) is 30.3. The van der Waals surface area contributed by atoms with E-state index in [1.54, 1.807) is 0 Å². The molecule has 1 aromatic carbocycles. The topological polar surface area (TPSA) is 60.8 Å². The van der Waals surface area contributed by atoms with Gasteiger partial charge in [-0.25, -0.2) is 0 Å². The highest BCUT2D eigenvalue weighted by Gasteiger charge is 2.43. The minimum atomic E-state index is -4.55. The molecule has 24 heavy (non-hydrogen) atoms. The summed E-state index contributed by atoms with van der Waals surface area (Å²) in [4.78, 5) is 14.1. The van der Waals surface area contributed by atoms with E-state index in [4.69, 9.17) is 11.6 Å². The number of benzene rings is 1. The number of fused-ring (bicyclic) bond motifs is 1. The molecule has 8 heteroatoms. The lowest BCUT2D eigenvalue weighted by Crippen LogP contribution is -2.38. The molecule has 132 valence electrons. The highest BCUT2D eigenvalue weighted by molar-refractivity contribution is 6.33. The molecule has 1 aliphatic carbocycles. The molecule has 2 fully saturated rings. The quantitative estimate of drug-likeness (QED) is 0.806. The molecule has 0 radical (unpaired) electrons. The summed E-state index contributed by atoms with van der Waals surface area (Å²) in [6, 6.07) is 2.69. The van der Waals surface area contributed by atoms with E-state index in [1.165, 1.54) is 4.90 Å². The van der Waals surface area contributed by atoms with Crippen molar-refractivity contribution in [2.75, 3.05) is 13.1 Å². The van der Waals surface area contributed by atoms with E-state index in [9.17, 15) is 28.2 Å². The Balaban J connectivity index is 1.81. The minimum Gasteiger partial charge on any atom is -0.390 e. The highest BCUT2D eigenvalue weighted by atomic mass is 35.5. The zero-order chi connectivity index (χ0) is 17.6. The van der Waals surface area contributed by atoms with Gasteiger partial charge in [-0.15, -0.1) is 0 Å². The lowest BCUT2D eigenvalue weighted by molar-refractivity contribution is -0.137. The molecule has 1 saturated carbocycles. The number of amides is 1. The number of hydrogen-bond donors (Lipinski definition) is 2. The predicted molar refractivity (Wildman–Crippen MR) is 80.6 cm³/mol. The Kier molecular flexibility index (Phi) is 4.53. The summed E-state index contributed by atoms with van der Waals surface area (Å²) in [7, 11) is 0. The largest absolute Gasteiger partial charge is 0.416 e. The summed E-state index contributed by atoms with van der Waals surface area (Å²) in [6.45, 7) is 0.694. The number of nitrogens with zero attached hydrogens (tertiary/aromatic N) is 1. The summed E-state index contributed by atoms with van der Waals surface area (Å²) in [5.41, 5.74) is -1.09. The standard InChI is InChI=1S/C16H17ClF3NO3/c17-12-2-1-10(16(18,19)20)5-11(12)15(24)21-6-8-3-13(22)14(23)4-9(8)7-21/h1-2,5,8-9,13-14,22-23H,3-4,6-7H2/t8-,9+,13-,14-/m1/s1. The lowest BCUT2D eigenvalue weighted by Gasteiger charge is -2.31. The summed E-state index contributed by atoms with van der Waals surface area (Å²) in [5, 5.41) is 19.4. The zero-order valence-corrected chi connectivity index (χ0v) is 13.4. The van der Waals surface area contributed by atoms with Crippen molar-refractivity contribution in [1.29, 1.82) is 0 Å². The number of hydrogen-bond acceptors (Lipinski definition) is 3. The SMILES string of the molecule is O=C(c1cc(C(F)(F)F)ccc1Cl)N1C[C@H]2C[C@@H](O)[C@H](O)C[C@H]2C1. The van der Waals surface area contributed by atoms with Gasteiger partial charge in [0.25, 0.3) is 5.91 Å². The van der Waals surface area contributed by atoms with Gasteiger partial charge in [-0.3, -0.25) is 4.79 Å². The van der Waals surface area contributed by atoms with Crippen LogP contribution in [0.15, 0.2) is 18.2 Å². The van der Waals surface area contributed by atoms with Crippen LogP contribution in [-0.4, -0.2) is 46.3 Å². The average molecular weight is 364 g/mol. The number of alkyl halides is 3. The molecular weight excluding hydrogens is 347 g/mol. The van der Waals surface area contributed by atoms with Crippen LogP contribution in [0.5, 0.6) is 0 Å². The summed E-state index contributed by atoms with van der Waals surface area (Å²) in [6.07, 6.45) is -5.43. The predicted octanol–water partition coefficient (Wildman–Crippen LogP) is 2.56. The third kappa shape index (κ3) is 3.25. The Morgan fingerprint density at radius 2 is 1.67 bits per heavy atom. The number of carbonyl (C=O) groups excluding carboxylic acids is 1. The van der Waals surface area contributed by atoms with E-state index in [-0.39, 0.29) is 22.4 Å². The maximum atomic E-state index is 12.8. The van der Waals surface area contributed by atoms with Gasteiger partial charge >= 0.3 is 6.18 Å². The second-order valence-electron chi connectivity index (χ2n) is 6.53. The lowest BCUT2D eigenvalue weighted by atomic mass is 9.79. The third-order valence-electron chi connectivity index (χ3n) is 4.92. The van der Waals surface area contributed by atoms with Crippen LogP contribution in [0.25, 0.3) is 0 Å². The van der Waals surface area contributed by atoms with Crippen molar-refractivity contribution < 1.29 is 28.2 Å². The third-order valence-corrected chi connectivity index (χ3v) is 5.25. The van der Waals surface area contributed by atoms with Crippen molar-refractivity contribution in [1.82, 2.24) is 4.90 Å². The summed E-state index contributed by atoms with van der Waals surface area (Å²) >= 11 is 5.92. The van der Waals surface area contributed by atoms with Gasteiger partial charge in [-0.05, 0) is 42.9 Å². The molecule has 4 nitrogen and oxygen atoms in total. The molecule has 1 saturated heterocycles. The Bertz CT molecular complexity index is 634. The second kappa shape index (κ2) is 6.20. The van der Waals surface area contributed by atoms with E-state index < -0.39 is 29.9 Å². The molecule has 0 unspecified atom stereocenters. The first-order valence-electron chi connectivity index (χ1n) is 7.69. The van der Waals surface area contributed by atoms with Crippen LogP contribution in [0.3, 0.4) is 0 Å². The fraction of sp³-hybridized carbons (Fsp3) is 0.562. The fourth-order valence-corrected chi connectivity index (χ4v) is 3.81. The second-order valence-corrected chi connectivity index (χ2v) is 6.94. The smallest absolute Gasteiger partial charge is 0.390 e. The molecule has 2 aliphatic rings. The molecule has 0 bridgehead atoms. The summed E-state index contributed by atoms with van der Waals surface area (Å²) in [5.74, 6) is -0.474. The van der Waals surface area contributed by atoms with Crippen LogP contribution in [0, 0.1) is 11.8 Å². The van der Waals surface area contributed by atoms with Gasteiger partial charge in [0.15, 0.2) is 0 Å². The van der Waals surface area contributed by atoms with E-state index in [0.717, 1.165) is 18.2 Å². The van der Waals surface area contributed by atoms with Crippen LogP contribution in [0.2, 0.25) is 5.02 Å². The number of halogens is 4. The average Bonchev–Trinajstić information content (AvgIpc) is 2.89. The number of carbonyl (C=O) groups is 1. The van der Waals surface area contributed by atoms with E-state index >= 15 is 0 Å². The van der Waals surface area contributed by atoms with Crippen LogP contribution < -0.4 is 0 Å². The van der Waals surface area contributed by atoms with Crippen LogP contribution in [0.4, 0.5) is 13.2 Å². The number of likely N-dealkylation sites (tertiary alicyclic amines) is 1. The highest BCUT2D eigenvalue weighted by Crippen LogP contribution is 2.38. The molecular formula is C16H17ClF3NO3. The number of rotatable bonds is 1. The Hall–Kier alpha value is -1.31. The van der Waals surface area contributed by atoms with E-state index in [2.05, 4.69) is 0 Å². The van der Waals surface area contributed by atoms with Crippen molar-refractivity contribution >= 4 is 17.5 Å². The van der Waals surface area contributed by atoms with Crippen molar-refractivity contribution in [3.05, 3.63) is 34.3 Å². The number of aliphatic hydroxyl groups is 2. The molecule has 4 atom stereocenters. The first-order chi connectivity index (χ1) is 11.2. The van der Waals surface area contributed by atoms with Crippen LogP contribution in [0.1, 0.15) is 28.8 Å². The van der Waals surface area contributed by atoms with Gasteiger partial charge in [0, 0.05) is 13.1 Å². The van der Waals surface area contributed by atoms with Crippen LogP contribution >= 0.6 is 11.6 Å². The Morgan fingerprint density at radius 1 is 1.12 bits per heavy atom. The molecule has 1 amide bonds. The van der Waals surface area contributed by atoms with Gasteiger partial charge in [0.2, 0.25) is 0 Å². The van der Waals surface area contributed by atoms with Gasteiger partial charge in [0.1, 0.15) is 0 Å². The molecule has 2 N–H and O–H groups in total. The van der Waals surface area contributed by atoms with Gasteiger partial charge in [-0.1, -0.05) is 11.6 Å². The first-order valence-corrected chi connectivity index (χ1v) is 8.06. The molecule has 0 aromatic heterocycles. The first kappa shape index (κ1) is 17.5. The zero-order valence-electron chi connectivity index (χ0n) is 12.6. The molecule has 1 heterocycles. The van der Waals surface area contributed by atoms with Crippen molar-refractivity contribution in [2.45, 2.75) is 31.2 Å². The minimum absolute atomic E-state index is 0.0251. The summed E-state index contributed by atoms with van der Waals surface area (Å²) < 4.78 is 38.5. The van der Waals surface area contributed by atoms with Crippen molar-refractivity contribution in [2.24, 2.45) is 11.8 Å². The van der Waals surface area contributed by atoms with Crippen molar-refractivity contribution in [3.8, 4) is 0 Å². The van der Waals surface area contributed by atoms with E-state index in [0.29, 0.717) is 25.9 Å². The van der Waals surface area contributed by atoms with E-state index in [1.807, 2.05) is 0 Å². The Labute approximate surface area is 141 Å². The maximum Gasteiger partial charge on any atom is 0.416 e. The maximum absolute atomic E-state index is 12.8. The molecule has 1 aliphatic heterocycles. The van der Waals surface area contributed by atoms with Gasteiger partial charge in [-0.2, -0.15) is 13.2 Å². The fourth-order valence-electron chi connectivity index (χ4n) is 3.61. The van der Waals surface area contributed by atoms with Gasteiger partial charge < -0.3 is 15.1 Å². The monoisotopic (exact) mass is 363 g/mol.